The summed E-state index contributed by atoms with van der Waals surface area (Å²) in [5.74, 6) is -3.87. The molecule has 3 atom stereocenters. The molecule has 45 heavy (non-hydrogen) atoms. The zero-order valence-corrected chi connectivity index (χ0v) is 25.5. The zero-order valence-electron chi connectivity index (χ0n) is 24.0. The summed E-state index contributed by atoms with van der Waals surface area (Å²) in [6, 6.07) is -3.03. The number of aliphatic hydroxyl groups is 1. The summed E-state index contributed by atoms with van der Waals surface area (Å²) in [7, 11) is 0. The van der Waals surface area contributed by atoms with E-state index in [2.05, 4.69) is 46.9 Å². The Labute approximate surface area is 265 Å². The van der Waals surface area contributed by atoms with E-state index in [0.29, 0.717) is 18.4 Å². The standard InChI is InChI=1S/C25H31Cl2N9O9/c1-13-10-44-24(33-13)17(7-31-21(41)4-27)35-23(43)19-11-45-25(36-19)16(6-30-20(40)3-26)34-22(42)8-29-18(9-37)15(32-12-38)5-28-14(2)39/h8-12,15-17,37H,3-7H2,1-2H3,(H,28,39)(H,30,40)(H,31,41)(H,32,38)(H,34,42)(H,35,43)/b18-9-,29-8?. The van der Waals surface area contributed by atoms with Crippen LogP contribution in [0.4, 0.5) is 0 Å². The topological polar surface area (TPSA) is 259 Å². The molecule has 6 amide bonds. The number of halogens is 2. The quantitative estimate of drug-likeness (QED) is 0.0439. The molecule has 0 aliphatic heterocycles. The number of oxazole rings is 2. The van der Waals surface area contributed by atoms with Gasteiger partial charge in [0.1, 0.15) is 42.6 Å². The van der Waals surface area contributed by atoms with Crippen molar-refractivity contribution in [2.45, 2.75) is 32.0 Å². The Morgan fingerprint density at radius 1 is 0.933 bits per heavy atom. The first kappa shape index (κ1) is 36.2. The number of aliphatic hydroxyl groups excluding tert-OH is 1. The van der Waals surface area contributed by atoms with Crippen molar-refractivity contribution >= 4 is 65.4 Å². The van der Waals surface area contributed by atoms with Crippen LogP contribution in [0.25, 0.3) is 0 Å². The van der Waals surface area contributed by atoms with Gasteiger partial charge in [-0.25, -0.2) is 9.97 Å². The smallest absolute Gasteiger partial charge is 0.273 e. The van der Waals surface area contributed by atoms with E-state index in [1.807, 2.05) is 0 Å². The normalized spacial score (nSPS) is 13.3. The maximum Gasteiger partial charge on any atom is 0.273 e. The van der Waals surface area contributed by atoms with E-state index >= 15 is 0 Å². The van der Waals surface area contributed by atoms with Crippen molar-refractivity contribution in [1.29, 1.82) is 0 Å². The second-order valence-corrected chi connectivity index (χ2v) is 9.48. The number of aromatic nitrogens is 2. The monoisotopic (exact) mass is 671 g/mol. The molecule has 0 aromatic carbocycles. The highest BCUT2D eigenvalue weighted by Gasteiger charge is 2.26. The Kier molecular flexibility index (Phi) is 15.0. The maximum absolute atomic E-state index is 13.0. The van der Waals surface area contributed by atoms with Crippen LogP contribution in [0.3, 0.4) is 0 Å². The third kappa shape index (κ3) is 12.3. The summed E-state index contributed by atoms with van der Waals surface area (Å²) >= 11 is 11.1. The average molecular weight is 672 g/mol. The fourth-order valence-electron chi connectivity index (χ4n) is 3.38. The Bertz CT molecular complexity index is 1410. The largest absolute Gasteiger partial charge is 0.514 e. The molecule has 2 aromatic rings. The van der Waals surface area contributed by atoms with E-state index in [-0.39, 0.29) is 54.6 Å². The number of aryl methyl sites for hydroxylation is 1. The number of rotatable bonds is 18. The van der Waals surface area contributed by atoms with Gasteiger partial charge in [0.2, 0.25) is 35.9 Å². The van der Waals surface area contributed by atoms with Gasteiger partial charge in [-0.05, 0) is 6.92 Å². The number of alkyl halides is 2. The molecule has 20 heteroatoms. The predicted octanol–water partition coefficient (Wildman–Crippen LogP) is -0.970. The third-order valence-corrected chi connectivity index (χ3v) is 5.99. The first-order valence-corrected chi connectivity index (χ1v) is 14.0. The van der Waals surface area contributed by atoms with Crippen LogP contribution in [0.5, 0.6) is 0 Å². The molecule has 0 aliphatic rings. The minimum atomic E-state index is -1.14. The summed E-state index contributed by atoms with van der Waals surface area (Å²) in [6.45, 7) is 2.40. The van der Waals surface area contributed by atoms with Crippen molar-refractivity contribution in [3.8, 4) is 0 Å². The molecule has 0 spiro atoms. The molecule has 3 unspecified atom stereocenters. The van der Waals surface area contributed by atoms with Gasteiger partial charge in [-0.1, -0.05) is 0 Å². The van der Waals surface area contributed by atoms with E-state index in [4.69, 9.17) is 32.0 Å². The van der Waals surface area contributed by atoms with Crippen molar-refractivity contribution in [3.63, 3.8) is 0 Å². The van der Waals surface area contributed by atoms with Gasteiger partial charge in [-0.3, -0.25) is 33.8 Å². The predicted molar refractivity (Wildman–Crippen MR) is 157 cm³/mol. The van der Waals surface area contributed by atoms with Crippen LogP contribution < -0.4 is 31.9 Å². The van der Waals surface area contributed by atoms with E-state index < -0.39 is 47.7 Å². The highest BCUT2D eigenvalue weighted by molar-refractivity contribution is 6.27. The van der Waals surface area contributed by atoms with E-state index in [1.165, 1.54) is 13.2 Å². The molecule has 7 N–H and O–H groups in total. The number of nitrogens with one attached hydrogen (secondary N) is 6. The lowest BCUT2D eigenvalue weighted by Crippen LogP contribution is -2.41. The van der Waals surface area contributed by atoms with Crippen molar-refractivity contribution < 1.29 is 42.7 Å². The minimum absolute atomic E-state index is 0.103. The second-order valence-electron chi connectivity index (χ2n) is 8.95. The summed E-state index contributed by atoms with van der Waals surface area (Å²) in [5, 5.41) is 24.4. The van der Waals surface area contributed by atoms with Crippen LogP contribution in [-0.2, 0) is 24.0 Å². The number of aliphatic imine (C=N–C) groups is 1. The summed E-state index contributed by atoms with van der Waals surface area (Å²) in [5.41, 5.74) is 0.124. The first-order valence-electron chi connectivity index (χ1n) is 13.0. The minimum Gasteiger partial charge on any atom is -0.514 e. The molecule has 0 saturated heterocycles. The zero-order chi connectivity index (χ0) is 33.4. The van der Waals surface area contributed by atoms with Crippen LogP contribution in [0.1, 0.15) is 47.0 Å². The Morgan fingerprint density at radius 3 is 2.07 bits per heavy atom. The Hall–Kier alpha value is -4.97. The molecule has 0 radical (unpaired) electrons. The second kappa shape index (κ2) is 18.6. The lowest BCUT2D eigenvalue weighted by molar-refractivity contribution is -0.120. The number of amides is 6. The van der Waals surface area contributed by atoms with Crippen molar-refractivity contribution in [1.82, 2.24) is 41.9 Å². The van der Waals surface area contributed by atoms with Crippen LogP contribution in [0.2, 0.25) is 0 Å². The summed E-state index contributed by atoms with van der Waals surface area (Å²) in [6.07, 6.45) is 3.99. The highest BCUT2D eigenvalue weighted by Crippen LogP contribution is 2.16. The average Bonchev–Trinajstić information content (AvgIpc) is 3.69. The van der Waals surface area contributed by atoms with E-state index in [0.717, 1.165) is 12.5 Å². The number of hydrogen-bond acceptors (Lipinski definition) is 12. The fourth-order valence-corrected chi connectivity index (χ4v) is 3.56. The maximum atomic E-state index is 13.0. The van der Waals surface area contributed by atoms with Gasteiger partial charge < -0.3 is 45.8 Å². The Morgan fingerprint density at radius 2 is 1.53 bits per heavy atom. The number of nitrogens with zero attached hydrogens (tertiary/aromatic N) is 3. The lowest BCUT2D eigenvalue weighted by Gasteiger charge is -2.17. The molecule has 2 heterocycles. The molecule has 0 bridgehead atoms. The molecular weight excluding hydrogens is 641 g/mol. The third-order valence-electron chi connectivity index (χ3n) is 5.50. The van der Waals surface area contributed by atoms with Crippen LogP contribution in [0, 0.1) is 6.92 Å². The molecular formula is C25H31Cl2N9O9. The van der Waals surface area contributed by atoms with Crippen LogP contribution in [-0.4, -0.2) is 94.7 Å². The van der Waals surface area contributed by atoms with Crippen molar-refractivity contribution in [2.75, 3.05) is 31.4 Å². The van der Waals surface area contributed by atoms with Crippen LogP contribution in [0.15, 0.2) is 38.3 Å². The fraction of sp³-hybridized carbons (Fsp3) is 0.400. The summed E-state index contributed by atoms with van der Waals surface area (Å²) in [4.78, 5) is 83.5. The van der Waals surface area contributed by atoms with Gasteiger partial charge >= 0.3 is 0 Å². The number of hydrogen-bond donors (Lipinski definition) is 7. The number of carbonyl (C=O) groups is 6. The van der Waals surface area contributed by atoms with Gasteiger partial charge in [0.05, 0.1) is 23.6 Å². The lowest BCUT2D eigenvalue weighted by atomic mass is 10.2. The Balaban J connectivity index is 2.22. The highest BCUT2D eigenvalue weighted by atomic mass is 35.5. The van der Waals surface area contributed by atoms with Gasteiger partial charge in [-0.15, -0.1) is 23.2 Å². The van der Waals surface area contributed by atoms with Crippen molar-refractivity contribution in [2.24, 2.45) is 4.99 Å². The van der Waals surface area contributed by atoms with Gasteiger partial charge in [0.15, 0.2) is 5.69 Å². The molecule has 0 aliphatic carbocycles. The molecule has 0 fully saturated rings. The van der Waals surface area contributed by atoms with Crippen molar-refractivity contribution in [3.05, 3.63) is 47.7 Å². The SMILES string of the molecule is CC(=O)NCC(NC=O)/C(=C/O)N=CC(=O)NC(CNC(=O)CCl)c1nc(C(=O)NC(CNC(=O)CCl)c2nc(C)co2)co1. The molecule has 244 valence electrons. The van der Waals surface area contributed by atoms with E-state index in [9.17, 15) is 33.9 Å². The molecule has 2 rings (SSSR count). The first-order chi connectivity index (χ1) is 21.5. The van der Waals surface area contributed by atoms with E-state index in [1.54, 1.807) is 6.92 Å². The summed E-state index contributed by atoms with van der Waals surface area (Å²) < 4.78 is 10.8. The molecule has 18 nitrogen and oxygen atoms in total. The van der Waals surface area contributed by atoms with Gasteiger partial charge in [0.25, 0.3) is 11.8 Å². The van der Waals surface area contributed by atoms with Crippen LogP contribution >= 0.6 is 23.2 Å². The molecule has 0 saturated carbocycles. The number of carbonyl (C=O) groups excluding carboxylic acids is 6. The van der Waals surface area contributed by atoms with Gasteiger partial charge in [0, 0.05) is 26.6 Å². The molecule has 2 aromatic heterocycles. The van der Waals surface area contributed by atoms with Gasteiger partial charge in [-0.2, -0.15) is 0 Å².